The summed E-state index contributed by atoms with van der Waals surface area (Å²) in [4.78, 5) is 14.7. The molecule has 0 aliphatic heterocycles. The van der Waals surface area contributed by atoms with Crippen LogP contribution in [0.4, 0.5) is 0 Å². The molecule has 1 heterocycles. The first kappa shape index (κ1) is 9.93. The normalized spacial score (nSPS) is 10.3. The van der Waals surface area contributed by atoms with E-state index < -0.39 is 0 Å². The van der Waals surface area contributed by atoms with Gasteiger partial charge in [-0.25, -0.2) is 4.98 Å². The number of methoxy groups -OCH3 is 1. The third-order valence-electron chi connectivity index (χ3n) is 2.11. The van der Waals surface area contributed by atoms with E-state index in [-0.39, 0.29) is 0 Å². The van der Waals surface area contributed by atoms with Crippen LogP contribution >= 0.6 is 11.6 Å². The number of hydrogen-bond donors (Lipinski definition) is 0. The van der Waals surface area contributed by atoms with Gasteiger partial charge in [0.2, 0.25) is 0 Å². The first-order valence-electron chi connectivity index (χ1n) is 4.34. The molecule has 0 atom stereocenters. The van der Waals surface area contributed by atoms with Crippen LogP contribution in [0.1, 0.15) is 10.5 Å². The van der Waals surface area contributed by atoms with Gasteiger partial charge in [-0.2, -0.15) is 0 Å². The van der Waals surface area contributed by atoms with Gasteiger partial charge >= 0.3 is 0 Å². The maximum Gasteiger partial charge on any atom is 0.168 e. The number of nitrogens with zero attached hydrogens (tertiary/aromatic N) is 1. The molecule has 0 aliphatic rings. The molecular weight excluding hydrogens is 214 g/mol. The summed E-state index contributed by atoms with van der Waals surface area (Å²) >= 11 is 6.00. The predicted octanol–water partition coefficient (Wildman–Crippen LogP) is 2.71. The molecule has 0 saturated heterocycles. The minimum absolute atomic E-state index is 0.320. The molecule has 0 unspecified atom stereocenters. The number of rotatable bonds is 2. The van der Waals surface area contributed by atoms with Gasteiger partial charge in [0.1, 0.15) is 11.4 Å². The van der Waals surface area contributed by atoms with Crippen LogP contribution in [0.25, 0.3) is 10.9 Å². The van der Waals surface area contributed by atoms with E-state index in [2.05, 4.69) is 4.98 Å². The number of carbonyl (C=O) groups is 1. The van der Waals surface area contributed by atoms with E-state index in [0.717, 1.165) is 5.39 Å². The van der Waals surface area contributed by atoms with Crippen molar-refractivity contribution >= 4 is 28.8 Å². The Balaban J connectivity index is 2.74. The summed E-state index contributed by atoms with van der Waals surface area (Å²) in [7, 11) is 1.58. The lowest BCUT2D eigenvalue weighted by atomic mass is 10.2. The number of ether oxygens (including phenoxy) is 1. The maximum absolute atomic E-state index is 10.6. The average Bonchev–Trinajstić information content (AvgIpc) is 2.28. The second-order valence-corrected chi connectivity index (χ2v) is 3.44. The van der Waals surface area contributed by atoms with Crippen molar-refractivity contribution in [2.75, 3.05) is 7.11 Å². The van der Waals surface area contributed by atoms with Crippen molar-refractivity contribution < 1.29 is 9.53 Å². The molecule has 0 fully saturated rings. The van der Waals surface area contributed by atoms with Crippen molar-refractivity contribution in [1.29, 1.82) is 0 Å². The number of pyridine rings is 1. The maximum atomic E-state index is 10.6. The minimum atomic E-state index is 0.320. The molecule has 0 aliphatic carbocycles. The van der Waals surface area contributed by atoms with Crippen molar-refractivity contribution in [2.24, 2.45) is 0 Å². The summed E-state index contributed by atoms with van der Waals surface area (Å²) in [6, 6.07) is 6.91. The molecule has 1 aromatic heterocycles. The molecule has 0 radical (unpaired) electrons. The van der Waals surface area contributed by atoms with Gasteiger partial charge in [0.15, 0.2) is 6.29 Å². The van der Waals surface area contributed by atoms with E-state index in [1.807, 2.05) is 6.07 Å². The van der Waals surface area contributed by atoms with Crippen molar-refractivity contribution in [2.45, 2.75) is 0 Å². The molecule has 2 aromatic rings. The number of halogens is 1. The Kier molecular flexibility index (Phi) is 2.56. The van der Waals surface area contributed by atoms with E-state index in [9.17, 15) is 4.79 Å². The third-order valence-corrected chi connectivity index (χ3v) is 2.42. The number of fused-ring (bicyclic) bond motifs is 1. The Morgan fingerprint density at radius 1 is 1.40 bits per heavy atom. The fraction of sp³-hybridized carbons (Fsp3) is 0.0909. The van der Waals surface area contributed by atoms with Crippen LogP contribution in [-0.2, 0) is 0 Å². The lowest BCUT2D eigenvalue weighted by molar-refractivity contribution is 0.111. The Labute approximate surface area is 91.6 Å². The van der Waals surface area contributed by atoms with Crippen LogP contribution < -0.4 is 4.74 Å². The van der Waals surface area contributed by atoms with Gasteiger partial charge in [0.25, 0.3) is 0 Å². The van der Waals surface area contributed by atoms with E-state index in [0.29, 0.717) is 28.3 Å². The van der Waals surface area contributed by atoms with Crippen molar-refractivity contribution in [3.05, 3.63) is 35.0 Å². The second-order valence-electron chi connectivity index (χ2n) is 3.03. The molecule has 4 heteroatoms. The van der Waals surface area contributed by atoms with Crippen LogP contribution in [-0.4, -0.2) is 18.4 Å². The molecule has 0 spiro atoms. The highest BCUT2D eigenvalue weighted by atomic mass is 35.5. The van der Waals surface area contributed by atoms with Crippen LogP contribution in [0.15, 0.2) is 24.3 Å². The molecule has 1 aromatic carbocycles. The Morgan fingerprint density at radius 3 is 2.87 bits per heavy atom. The van der Waals surface area contributed by atoms with Gasteiger partial charge in [0.05, 0.1) is 17.6 Å². The zero-order chi connectivity index (χ0) is 10.8. The summed E-state index contributed by atoms with van der Waals surface area (Å²) in [5, 5.41) is 1.33. The zero-order valence-corrected chi connectivity index (χ0v) is 8.78. The summed E-state index contributed by atoms with van der Waals surface area (Å²) in [6.45, 7) is 0. The van der Waals surface area contributed by atoms with Gasteiger partial charge in [-0.3, -0.25) is 4.79 Å². The van der Waals surface area contributed by atoms with E-state index in [1.54, 1.807) is 25.3 Å². The topological polar surface area (TPSA) is 39.2 Å². The van der Waals surface area contributed by atoms with Gasteiger partial charge < -0.3 is 4.74 Å². The highest BCUT2D eigenvalue weighted by molar-refractivity contribution is 6.35. The predicted molar refractivity (Wildman–Crippen MR) is 58.7 cm³/mol. The van der Waals surface area contributed by atoms with E-state index in [4.69, 9.17) is 16.3 Å². The van der Waals surface area contributed by atoms with Crippen molar-refractivity contribution in [3.8, 4) is 5.75 Å². The molecule has 0 bridgehead atoms. The van der Waals surface area contributed by atoms with Gasteiger partial charge in [-0.15, -0.1) is 0 Å². The van der Waals surface area contributed by atoms with Crippen molar-refractivity contribution in [3.63, 3.8) is 0 Å². The second kappa shape index (κ2) is 3.87. The summed E-state index contributed by atoms with van der Waals surface area (Å²) in [5.74, 6) is 0.689. The smallest absolute Gasteiger partial charge is 0.168 e. The van der Waals surface area contributed by atoms with Crippen LogP contribution in [0.2, 0.25) is 5.02 Å². The van der Waals surface area contributed by atoms with Gasteiger partial charge in [-0.05, 0) is 18.2 Å². The lowest BCUT2D eigenvalue weighted by Crippen LogP contribution is -1.90. The average molecular weight is 222 g/mol. The summed E-state index contributed by atoms with van der Waals surface area (Å²) in [6.07, 6.45) is 0.671. The molecule has 76 valence electrons. The number of aromatic nitrogens is 1. The number of aldehydes is 1. The molecule has 2 rings (SSSR count). The highest BCUT2D eigenvalue weighted by Crippen LogP contribution is 2.25. The zero-order valence-electron chi connectivity index (χ0n) is 8.03. The first-order chi connectivity index (χ1) is 7.24. The first-order valence-corrected chi connectivity index (χ1v) is 4.72. The molecule has 0 N–H and O–H groups in total. The Hall–Kier alpha value is -1.61. The van der Waals surface area contributed by atoms with Gasteiger partial charge in [-0.1, -0.05) is 11.6 Å². The van der Waals surface area contributed by atoms with E-state index in [1.165, 1.54) is 0 Å². The fourth-order valence-corrected chi connectivity index (χ4v) is 1.64. The lowest BCUT2D eigenvalue weighted by Gasteiger charge is -2.03. The third kappa shape index (κ3) is 1.78. The van der Waals surface area contributed by atoms with Crippen LogP contribution in [0.5, 0.6) is 5.75 Å². The molecule has 3 nitrogen and oxygen atoms in total. The summed E-state index contributed by atoms with van der Waals surface area (Å²) < 4.78 is 5.06. The standard InChI is InChI=1S/C11H8ClNO2/c1-15-8-2-3-9-10(12)4-7(6-14)13-11(9)5-8/h2-6H,1H3. The van der Waals surface area contributed by atoms with Crippen LogP contribution in [0.3, 0.4) is 0 Å². The van der Waals surface area contributed by atoms with Crippen molar-refractivity contribution in [1.82, 2.24) is 4.98 Å². The van der Waals surface area contributed by atoms with Crippen LogP contribution in [0, 0.1) is 0 Å². The molecule has 0 saturated carbocycles. The molecular formula is C11H8ClNO2. The largest absolute Gasteiger partial charge is 0.497 e. The molecule has 0 amide bonds. The Morgan fingerprint density at radius 2 is 2.20 bits per heavy atom. The fourth-order valence-electron chi connectivity index (χ4n) is 1.37. The number of carbonyl (C=O) groups excluding carboxylic acids is 1. The minimum Gasteiger partial charge on any atom is -0.497 e. The van der Waals surface area contributed by atoms with E-state index >= 15 is 0 Å². The Bertz CT molecular complexity index is 525. The SMILES string of the molecule is COc1ccc2c(Cl)cc(C=O)nc2c1. The molecule has 15 heavy (non-hydrogen) atoms. The summed E-state index contributed by atoms with van der Waals surface area (Å²) in [5.41, 5.74) is 0.977. The highest BCUT2D eigenvalue weighted by Gasteiger charge is 2.04. The monoisotopic (exact) mass is 221 g/mol. The number of benzene rings is 1. The quantitative estimate of drug-likeness (QED) is 0.732. The van der Waals surface area contributed by atoms with Gasteiger partial charge in [0, 0.05) is 11.5 Å². The number of hydrogen-bond acceptors (Lipinski definition) is 3.